The number of halogens is 2. The van der Waals surface area contributed by atoms with Gasteiger partial charge in [-0.05, 0) is 25.0 Å². The first-order valence-corrected chi connectivity index (χ1v) is 7.77. The lowest BCUT2D eigenvalue weighted by Crippen LogP contribution is -2.39. The molecule has 0 aliphatic heterocycles. The number of aryl methyl sites for hydroxylation is 2. The number of carbonyl (C=O) groups is 1. The fraction of sp³-hybridized carbons (Fsp3) is 0.429. The fourth-order valence-electron chi connectivity index (χ4n) is 2.33. The second-order valence-corrected chi connectivity index (χ2v) is 5.87. The molecule has 1 aromatic carbocycles. The number of benzene rings is 1. The van der Waals surface area contributed by atoms with Gasteiger partial charge in [0.05, 0.1) is 27.1 Å². The third-order valence-corrected chi connectivity index (χ3v) is 4.16. The van der Waals surface area contributed by atoms with E-state index in [0.717, 1.165) is 29.8 Å². The third-order valence-electron chi connectivity index (χ3n) is 3.44. The lowest BCUT2D eigenvalue weighted by atomic mass is 10.1. The Balaban J connectivity index is 2.32. The number of imidazole rings is 1. The Kier molecular flexibility index (Phi) is 5.63. The zero-order valence-electron chi connectivity index (χ0n) is 12.1. The van der Waals surface area contributed by atoms with E-state index in [2.05, 4.69) is 16.5 Å². The first-order valence-electron chi connectivity index (χ1n) is 7.01. The zero-order valence-corrected chi connectivity index (χ0v) is 13.7. The molecule has 4 N–H and O–H groups in total. The predicted molar refractivity (Wildman–Crippen MR) is 86.3 cm³/mol. The van der Waals surface area contributed by atoms with Gasteiger partial charge >= 0.3 is 0 Å². The number of carbonyl (C=O) groups excluding carboxylic acids is 1. The molecule has 120 valence electrons. The molecule has 0 aliphatic rings. The van der Waals surface area contributed by atoms with Gasteiger partial charge in [-0.1, -0.05) is 30.1 Å². The van der Waals surface area contributed by atoms with E-state index in [9.17, 15) is 4.79 Å². The first kappa shape index (κ1) is 17.0. The predicted octanol–water partition coefficient (Wildman–Crippen LogP) is 2.52. The fourth-order valence-corrected chi connectivity index (χ4v) is 2.65. The van der Waals surface area contributed by atoms with Gasteiger partial charge in [-0.25, -0.2) is 10.5 Å². The van der Waals surface area contributed by atoms with Crippen LogP contribution in [0.15, 0.2) is 12.1 Å². The van der Waals surface area contributed by atoms with Crippen LogP contribution >= 0.6 is 23.2 Å². The molecule has 0 saturated carbocycles. The van der Waals surface area contributed by atoms with Crippen molar-refractivity contribution in [3.63, 3.8) is 0 Å². The normalized spacial score (nSPS) is 12.6. The highest BCUT2D eigenvalue weighted by Gasteiger charge is 2.16. The summed E-state index contributed by atoms with van der Waals surface area (Å²) in [7, 11) is 0. The Labute approximate surface area is 138 Å². The van der Waals surface area contributed by atoms with Crippen molar-refractivity contribution in [3.05, 3.63) is 28.0 Å². The average molecular weight is 345 g/mol. The highest BCUT2D eigenvalue weighted by Crippen LogP contribution is 2.28. The van der Waals surface area contributed by atoms with Gasteiger partial charge in [-0.3, -0.25) is 10.0 Å². The summed E-state index contributed by atoms with van der Waals surface area (Å²) in [5.74, 6) is 0.209. The Hall–Kier alpha value is -1.34. The van der Waals surface area contributed by atoms with E-state index >= 15 is 0 Å². The zero-order chi connectivity index (χ0) is 16.3. The molecule has 1 atom stereocenters. The van der Waals surface area contributed by atoms with Crippen LogP contribution in [0.1, 0.15) is 25.6 Å². The number of fused-ring (bicyclic) bond motifs is 1. The largest absolute Gasteiger partial charge is 0.328 e. The molecule has 2 aromatic rings. The maximum absolute atomic E-state index is 11.3. The van der Waals surface area contributed by atoms with Gasteiger partial charge in [0.1, 0.15) is 5.82 Å². The van der Waals surface area contributed by atoms with Crippen LogP contribution in [0.4, 0.5) is 0 Å². The minimum Gasteiger partial charge on any atom is -0.328 e. The van der Waals surface area contributed by atoms with Gasteiger partial charge in [0.25, 0.3) is 5.91 Å². The quantitative estimate of drug-likeness (QED) is 0.554. The molecule has 8 heteroatoms. The monoisotopic (exact) mass is 344 g/mol. The number of rotatable bonds is 6. The second kappa shape index (κ2) is 7.28. The molecular formula is C14H18Cl2N4O2. The Bertz CT molecular complexity index is 687. The second-order valence-electron chi connectivity index (χ2n) is 5.06. The molecule has 1 amide bonds. The van der Waals surface area contributed by atoms with Crippen LogP contribution < -0.4 is 11.2 Å². The summed E-state index contributed by atoms with van der Waals surface area (Å²) < 4.78 is 2.06. The Morgan fingerprint density at radius 3 is 2.77 bits per heavy atom. The van der Waals surface area contributed by atoms with Crippen molar-refractivity contribution in [1.29, 1.82) is 0 Å². The smallest absolute Gasteiger partial charge is 0.260 e. The van der Waals surface area contributed by atoms with Crippen molar-refractivity contribution in [2.45, 2.75) is 38.8 Å². The molecule has 0 bridgehead atoms. The molecule has 1 heterocycles. The lowest BCUT2D eigenvalue weighted by Gasteiger charge is -2.11. The van der Waals surface area contributed by atoms with Crippen molar-refractivity contribution >= 4 is 40.1 Å². The molecule has 6 nitrogen and oxygen atoms in total. The molecule has 0 radical (unpaired) electrons. The maximum atomic E-state index is 11.3. The number of hydroxylamine groups is 1. The topological polar surface area (TPSA) is 93.2 Å². The van der Waals surface area contributed by atoms with Crippen LogP contribution in [0, 0.1) is 0 Å². The number of hydrogen-bond acceptors (Lipinski definition) is 4. The molecule has 1 aromatic heterocycles. The number of nitrogens with zero attached hydrogens (tertiary/aromatic N) is 2. The number of aromatic nitrogens is 2. The molecule has 22 heavy (non-hydrogen) atoms. The summed E-state index contributed by atoms with van der Waals surface area (Å²) in [5.41, 5.74) is 8.92. The molecule has 2 rings (SSSR count). The molecular weight excluding hydrogens is 327 g/mol. The van der Waals surface area contributed by atoms with Gasteiger partial charge in [0.2, 0.25) is 0 Å². The van der Waals surface area contributed by atoms with Crippen molar-refractivity contribution in [1.82, 2.24) is 15.0 Å². The van der Waals surface area contributed by atoms with Crippen molar-refractivity contribution in [2.75, 3.05) is 0 Å². The highest BCUT2D eigenvalue weighted by molar-refractivity contribution is 6.42. The maximum Gasteiger partial charge on any atom is 0.260 e. The van der Waals surface area contributed by atoms with E-state index in [0.29, 0.717) is 22.9 Å². The first-order chi connectivity index (χ1) is 10.5. The highest BCUT2D eigenvalue weighted by atomic mass is 35.5. The molecule has 0 saturated heterocycles. The van der Waals surface area contributed by atoms with E-state index in [1.165, 1.54) is 0 Å². The number of nitrogens with one attached hydrogen (secondary N) is 1. The van der Waals surface area contributed by atoms with Crippen LogP contribution in [-0.4, -0.2) is 26.7 Å². The minimum atomic E-state index is -0.785. The standard InChI is InChI=1S/C14H18Cl2N4O2/c1-2-5-20-12-7-9(16)8(15)6-11(12)18-13(20)4-3-10(17)14(21)19-22/h6-7,10,22H,2-5,17H2,1H3,(H,19,21). The van der Waals surface area contributed by atoms with E-state index in [4.69, 9.17) is 34.1 Å². The van der Waals surface area contributed by atoms with Crippen LogP contribution in [0.5, 0.6) is 0 Å². The van der Waals surface area contributed by atoms with Gasteiger partial charge in [0.15, 0.2) is 0 Å². The van der Waals surface area contributed by atoms with Crippen LogP contribution in [0.3, 0.4) is 0 Å². The van der Waals surface area contributed by atoms with E-state index in [-0.39, 0.29) is 0 Å². The van der Waals surface area contributed by atoms with Gasteiger partial charge < -0.3 is 10.3 Å². The van der Waals surface area contributed by atoms with Crippen LogP contribution in [-0.2, 0) is 17.8 Å². The SMILES string of the molecule is CCCn1c(CCC(N)C(=O)NO)nc2cc(Cl)c(Cl)cc21. The van der Waals surface area contributed by atoms with E-state index in [1.807, 2.05) is 0 Å². The molecule has 1 unspecified atom stereocenters. The van der Waals surface area contributed by atoms with Crippen LogP contribution in [0.25, 0.3) is 11.0 Å². The van der Waals surface area contributed by atoms with Gasteiger partial charge in [-0.15, -0.1) is 0 Å². The Morgan fingerprint density at radius 1 is 1.45 bits per heavy atom. The molecule has 0 spiro atoms. The van der Waals surface area contributed by atoms with E-state index in [1.54, 1.807) is 17.6 Å². The number of nitrogens with two attached hydrogens (primary N) is 1. The molecule has 0 aliphatic carbocycles. The van der Waals surface area contributed by atoms with Crippen molar-refractivity contribution in [2.24, 2.45) is 5.73 Å². The number of hydrogen-bond donors (Lipinski definition) is 3. The third kappa shape index (κ3) is 3.52. The summed E-state index contributed by atoms with van der Waals surface area (Å²) in [6.07, 6.45) is 1.82. The summed E-state index contributed by atoms with van der Waals surface area (Å²) >= 11 is 12.1. The minimum absolute atomic E-state index is 0.376. The van der Waals surface area contributed by atoms with Crippen molar-refractivity contribution < 1.29 is 10.0 Å². The molecule has 0 fully saturated rings. The summed E-state index contributed by atoms with van der Waals surface area (Å²) in [5, 5.41) is 9.52. The Morgan fingerprint density at radius 2 is 2.14 bits per heavy atom. The van der Waals surface area contributed by atoms with Gasteiger partial charge in [-0.2, -0.15) is 0 Å². The summed E-state index contributed by atoms with van der Waals surface area (Å²) in [6, 6.07) is 2.74. The van der Waals surface area contributed by atoms with Crippen LogP contribution in [0.2, 0.25) is 10.0 Å². The average Bonchev–Trinajstić information content (AvgIpc) is 2.82. The number of amides is 1. The summed E-state index contributed by atoms with van der Waals surface area (Å²) in [6.45, 7) is 2.85. The lowest BCUT2D eigenvalue weighted by molar-refractivity contribution is -0.130. The summed E-state index contributed by atoms with van der Waals surface area (Å²) in [4.78, 5) is 15.8. The van der Waals surface area contributed by atoms with Gasteiger partial charge in [0, 0.05) is 13.0 Å². The van der Waals surface area contributed by atoms with Crippen molar-refractivity contribution in [3.8, 4) is 0 Å². The van der Waals surface area contributed by atoms with E-state index < -0.39 is 11.9 Å².